The van der Waals surface area contributed by atoms with E-state index < -0.39 is 30.3 Å². The summed E-state index contributed by atoms with van der Waals surface area (Å²) in [4.78, 5) is 11.2. The Morgan fingerprint density at radius 2 is 2.08 bits per heavy atom. The molecule has 0 amide bonds. The topological polar surface area (TPSA) is 54.0 Å². The molecule has 0 saturated carbocycles. The summed E-state index contributed by atoms with van der Waals surface area (Å²) in [5.41, 5.74) is 0. The van der Waals surface area contributed by atoms with Gasteiger partial charge in [-0.3, -0.25) is 0 Å². The average molecular weight is 188 g/mol. The van der Waals surface area contributed by atoms with Crippen molar-refractivity contribution in [2.24, 2.45) is 0 Å². The Hall–Kier alpha value is -0.650. The van der Waals surface area contributed by atoms with Gasteiger partial charge in [0.2, 0.25) is 6.29 Å². The van der Waals surface area contributed by atoms with Crippen molar-refractivity contribution in [1.29, 1.82) is 0 Å². The van der Waals surface area contributed by atoms with E-state index >= 15 is 0 Å². The lowest BCUT2D eigenvalue weighted by Gasteiger charge is -2.20. The van der Waals surface area contributed by atoms with Crippen molar-refractivity contribution in [2.75, 3.05) is 7.11 Å². The van der Waals surface area contributed by atoms with Gasteiger partial charge in [-0.1, -0.05) is 0 Å². The Bertz CT molecular complexity index is 237. The van der Waals surface area contributed by atoms with Crippen molar-refractivity contribution in [2.45, 2.75) is 38.1 Å². The molecule has 2 rings (SSSR count). The Balaban J connectivity index is 2.17. The van der Waals surface area contributed by atoms with E-state index in [-0.39, 0.29) is 0 Å². The van der Waals surface area contributed by atoms with Crippen LogP contribution in [-0.2, 0) is 23.7 Å². The molecule has 2 aliphatic rings. The minimum atomic E-state index is -0.731. The van der Waals surface area contributed by atoms with Crippen LogP contribution >= 0.6 is 0 Å². The monoisotopic (exact) mass is 188 g/mol. The Morgan fingerprint density at radius 1 is 1.38 bits per heavy atom. The summed E-state index contributed by atoms with van der Waals surface area (Å²) >= 11 is 0. The number of carbonyl (C=O) groups is 1. The standard InChI is InChI=1S/C8H12O5/c1-8(2)12-4-5(13-8)7(10-3)11-6(4)9/h4-5,7H,1-3H3/t4-,5+,7?/m0/s1. The van der Waals surface area contributed by atoms with Crippen LogP contribution in [0, 0.1) is 0 Å². The predicted octanol–water partition coefficient (Wildman–Crippen LogP) is 0.0358. The second-order valence-electron chi connectivity index (χ2n) is 3.56. The molecule has 0 radical (unpaired) electrons. The van der Waals surface area contributed by atoms with E-state index in [0.29, 0.717) is 0 Å². The lowest BCUT2D eigenvalue weighted by molar-refractivity contribution is -0.214. The second kappa shape index (κ2) is 2.67. The fourth-order valence-electron chi connectivity index (χ4n) is 1.60. The zero-order valence-corrected chi connectivity index (χ0v) is 7.77. The normalized spacial score (nSPS) is 41.8. The van der Waals surface area contributed by atoms with E-state index in [0.717, 1.165) is 0 Å². The Kier molecular flexibility index (Phi) is 1.83. The summed E-state index contributed by atoms with van der Waals surface area (Å²) in [5.74, 6) is -1.15. The van der Waals surface area contributed by atoms with Crippen LogP contribution in [-0.4, -0.2) is 37.4 Å². The first-order chi connectivity index (χ1) is 6.03. The number of cyclic esters (lactones) is 1. The molecular formula is C8H12O5. The van der Waals surface area contributed by atoms with Gasteiger partial charge in [0.05, 0.1) is 0 Å². The van der Waals surface area contributed by atoms with Gasteiger partial charge in [-0.15, -0.1) is 0 Å². The van der Waals surface area contributed by atoms with Gasteiger partial charge < -0.3 is 18.9 Å². The summed E-state index contributed by atoms with van der Waals surface area (Å²) in [6, 6.07) is 0. The number of rotatable bonds is 1. The van der Waals surface area contributed by atoms with Crippen LogP contribution in [0.5, 0.6) is 0 Å². The molecule has 0 aromatic rings. The van der Waals surface area contributed by atoms with Gasteiger partial charge in [0.15, 0.2) is 18.0 Å². The zero-order chi connectivity index (χ0) is 9.64. The highest BCUT2D eigenvalue weighted by Gasteiger charge is 2.56. The molecule has 0 aliphatic carbocycles. The van der Waals surface area contributed by atoms with Gasteiger partial charge in [0, 0.05) is 7.11 Å². The number of hydrogen-bond donors (Lipinski definition) is 0. The lowest BCUT2D eigenvalue weighted by Crippen LogP contribution is -2.30. The molecule has 0 aromatic heterocycles. The van der Waals surface area contributed by atoms with Gasteiger partial charge >= 0.3 is 5.97 Å². The summed E-state index contributed by atoms with van der Waals surface area (Å²) in [5, 5.41) is 0. The van der Waals surface area contributed by atoms with Crippen molar-refractivity contribution in [3.8, 4) is 0 Å². The first kappa shape index (κ1) is 8.93. The van der Waals surface area contributed by atoms with Crippen molar-refractivity contribution in [1.82, 2.24) is 0 Å². The van der Waals surface area contributed by atoms with Crippen LogP contribution in [0.3, 0.4) is 0 Å². The molecule has 5 heteroatoms. The van der Waals surface area contributed by atoms with E-state index in [1.807, 2.05) is 0 Å². The van der Waals surface area contributed by atoms with E-state index in [1.54, 1.807) is 13.8 Å². The average Bonchev–Trinajstić information content (AvgIpc) is 2.47. The Labute approximate surface area is 75.9 Å². The third kappa shape index (κ3) is 1.33. The minimum absolute atomic E-state index is 0.414. The van der Waals surface area contributed by atoms with E-state index in [1.165, 1.54) is 7.11 Å². The second-order valence-corrected chi connectivity index (χ2v) is 3.56. The number of esters is 1. The minimum Gasteiger partial charge on any atom is -0.431 e. The number of fused-ring (bicyclic) bond motifs is 1. The first-order valence-corrected chi connectivity index (χ1v) is 4.12. The zero-order valence-electron chi connectivity index (χ0n) is 7.77. The van der Waals surface area contributed by atoms with Crippen LogP contribution < -0.4 is 0 Å². The molecule has 2 fully saturated rings. The van der Waals surface area contributed by atoms with Crippen LogP contribution in [0.25, 0.3) is 0 Å². The highest BCUT2D eigenvalue weighted by molar-refractivity contribution is 5.78. The maximum Gasteiger partial charge on any atom is 0.340 e. The maximum atomic E-state index is 11.2. The fourth-order valence-corrected chi connectivity index (χ4v) is 1.60. The molecule has 2 heterocycles. The summed E-state index contributed by atoms with van der Waals surface area (Å²) in [6.45, 7) is 3.51. The van der Waals surface area contributed by atoms with Crippen LogP contribution in [0.2, 0.25) is 0 Å². The smallest absolute Gasteiger partial charge is 0.340 e. The molecule has 0 spiro atoms. The first-order valence-electron chi connectivity index (χ1n) is 4.12. The van der Waals surface area contributed by atoms with E-state index in [2.05, 4.69) is 0 Å². The van der Waals surface area contributed by atoms with Crippen LogP contribution in [0.4, 0.5) is 0 Å². The maximum absolute atomic E-state index is 11.2. The molecular weight excluding hydrogens is 176 g/mol. The molecule has 74 valence electrons. The molecule has 13 heavy (non-hydrogen) atoms. The van der Waals surface area contributed by atoms with Crippen molar-refractivity contribution in [3.05, 3.63) is 0 Å². The van der Waals surface area contributed by atoms with Gasteiger partial charge in [-0.25, -0.2) is 4.79 Å². The van der Waals surface area contributed by atoms with E-state index in [9.17, 15) is 4.79 Å². The summed E-state index contributed by atoms with van der Waals surface area (Å²) in [6.07, 6.45) is -1.72. The predicted molar refractivity (Wildman–Crippen MR) is 40.7 cm³/mol. The molecule has 2 aliphatic heterocycles. The van der Waals surface area contributed by atoms with E-state index in [4.69, 9.17) is 18.9 Å². The van der Waals surface area contributed by atoms with Gasteiger partial charge in [-0.05, 0) is 13.8 Å². The molecule has 5 nitrogen and oxygen atoms in total. The van der Waals surface area contributed by atoms with Crippen LogP contribution in [0.15, 0.2) is 0 Å². The number of ether oxygens (including phenoxy) is 4. The number of carbonyl (C=O) groups excluding carboxylic acids is 1. The number of methoxy groups -OCH3 is 1. The van der Waals surface area contributed by atoms with Gasteiger partial charge in [-0.2, -0.15) is 0 Å². The quantitative estimate of drug-likeness (QED) is 0.543. The molecule has 0 aromatic carbocycles. The molecule has 0 bridgehead atoms. The fraction of sp³-hybridized carbons (Fsp3) is 0.875. The highest BCUT2D eigenvalue weighted by atomic mass is 16.8. The van der Waals surface area contributed by atoms with Crippen molar-refractivity contribution >= 4 is 5.97 Å². The SMILES string of the molecule is COC1OC(=O)[C@H]2OC(C)(C)O[C@@H]12. The van der Waals surface area contributed by atoms with Crippen LogP contribution in [0.1, 0.15) is 13.8 Å². The van der Waals surface area contributed by atoms with Crippen molar-refractivity contribution in [3.63, 3.8) is 0 Å². The summed E-state index contributed by atoms with van der Waals surface area (Å²) < 4.78 is 20.6. The largest absolute Gasteiger partial charge is 0.431 e. The molecule has 2 saturated heterocycles. The molecule has 1 unspecified atom stereocenters. The highest BCUT2D eigenvalue weighted by Crippen LogP contribution is 2.35. The lowest BCUT2D eigenvalue weighted by atomic mass is 10.2. The summed E-state index contributed by atoms with van der Waals surface area (Å²) in [7, 11) is 1.47. The van der Waals surface area contributed by atoms with Crippen molar-refractivity contribution < 1.29 is 23.7 Å². The molecule has 0 N–H and O–H groups in total. The van der Waals surface area contributed by atoms with Gasteiger partial charge in [0.1, 0.15) is 0 Å². The third-order valence-electron chi connectivity index (χ3n) is 2.09. The number of hydrogen-bond acceptors (Lipinski definition) is 5. The Morgan fingerprint density at radius 3 is 2.69 bits per heavy atom. The third-order valence-corrected chi connectivity index (χ3v) is 2.09. The molecule has 3 atom stereocenters. The van der Waals surface area contributed by atoms with Gasteiger partial charge in [0.25, 0.3) is 0 Å².